The number of unbranched alkanes of at least 4 members (excludes halogenated alkanes) is 2. The second-order valence-electron chi connectivity index (χ2n) is 4.49. The van der Waals surface area contributed by atoms with Crippen molar-refractivity contribution < 1.29 is 5.11 Å². The quantitative estimate of drug-likeness (QED) is 0.626. The molecule has 0 aromatic heterocycles. The first-order valence-corrected chi connectivity index (χ1v) is 5.18. The highest BCUT2D eigenvalue weighted by atomic mass is 16.2. The fraction of sp³-hybridized carbons (Fsp3) is 1.00. The van der Waals surface area contributed by atoms with E-state index in [2.05, 4.69) is 4.90 Å². The molecule has 1 saturated carbocycles. The van der Waals surface area contributed by atoms with E-state index in [1.807, 2.05) is 0 Å². The largest absolute Gasteiger partial charge is 0.396 e. The molecular weight excluding hydrogens is 150 g/mol. The third-order valence-corrected chi connectivity index (χ3v) is 3.21. The number of aliphatic hydroxyl groups is 1. The van der Waals surface area contributed by atoms with Crippen molar-refractivity contribution >= 4 is 0 Å². The van der Waals surface area contributed by atoms with Gasteiger partial charge in [0.05, 0.1) is 0 Å². The van der Waals surface area contributed by atoms with E-state index in [1.165, 1.54) is 45.3 Å². The van der Waals surface area contributed by atoms with Crippen molar-refractivity contribution in [1.82, 2.24) is 4.90 Å². The maximum Gasteiger partial charge on any atom is 0.0431 e. The second-order valence-corrected chi connectivity index (χ2v) is 4.49. The lowest BCUT2D eigenvalue weighted by atomic mass is 9.96. The molecule has 1 aliphatic heterocycles. The minimum Gasteiger partial charge on any atom is -0.396 e. The number of nitrogens with zero attached hydrogens (tertiary/aromatic N) is 1. The molecule has 2 rings (SSSR count). The first kappa shape index (κ1) is 8.52. The van der Waals surface area contributed by atoms with Crippen LogP contribution < -0.4 is 0 Å². The monoisotopic (exact) mass is 169 g/mol. The Bertz CT molecular complexity index is 146. The van der Waals surface area contributed by atoms with Crippen molar-refractivity contribution in [2.75, 3.05) is 26.2 Å². The van der Waals surface area contributed by atoms with Crippen LogP contribution in [0.5, 0.6) is 0 Å². The van der Waals surface area contributed by atoms with Crippen LogP contribution in [-0.2, 0) is 0 Å². The maximum atomic E-state index is 8.58. The van der Waals surface area contributed by atoms with E-state index in [-0.39, 0.29) is 0 Å². The number of rotatable bonds is 5. The van der Waals surface area contributed by atoms with E-state index in [4.69, 9.17) is 5.11 Å². The highest BCUT2D eigenvalue weighted by molar-refractivity contribution is 5.04. The lowest BCUT2D eigenvalue weighted by Crippen LogP contribution is -2.48. The molecule has 2 nitrogen and oxygen atoms in total. The van der Waals surface area contributed by atoms with Crippen LogP contribution in [0.2, 0.25) is 0 Å². The Labute approximate surface area is 74.6 Å². The molecule has 0 unspecified atom stereocenters. The normalized spacial score (nSPS) is 25.8. The molecule has 1 saturated heterocycles. The van der Waals surface area contributed by atoms with E-state index in [0.717, 1.165) is 11.8 Å². The van der Waals surface area contributed by atoms with Gasteiger partial charge in [-0.2, -0.15) is 0 Å². The van der Waals surface area contributed by atoms with Crippen LogP contribution in [0.15, 0.2) is 0 Å². The molecule has 12 heavy (non-hydrogen) atoms. The highest BCUT2D eigenvalue weighted by Gasteiger charge is 2.51. The fourth-order valence-electron chi connectivity index (χ4n) is 2.18. The van der Waals surface area contributed by atoms with Gasteiger partial charge in [-0.25, -0.2) is 0 Å². The van der Waals surface area contributed by atoms with Crippen LogP contribution >= 0.6 is 0 Å². The van der Waals surface area contributed by atoms with Crippen molar-refractivity contribution in [2.24, 2.45) is 5.41 Å². The van der Waals surface area contributed by atoms with Gasteiger partial charge >= 0.3 is 0 Å². The average Bonchev–Trinajstić information content (AvgIpc) is 2.76. The Morgan fingerprint density at radius 3 is 2.42 bits per heavy atom. The molecule has 2 heteroatoms. The topological polar surface area (TPSA) is 23.5 Å². The smallest absolute Gasteiger partial charge is 0.0431 e. The summed E-state index contributed by atoms with van der Waals surface area (Å²) in [6.07, 6.45) is 6.43. The van der Waals surface area contributed by atoms with E-state index in [1.54, 1.807) is 0 Å². The first-order chi connectivity index (χ1) is 5.85. The molecule has 2 fully saturated rings. The lowest BCUT2D eigenvalue weighted by molar-refractivity contribution is 0.0794. The van der Waals surface area contributed by atoms with E-state index in [9.17, 15) is 0 Å². The van der Waals surface area contributed by atoms with Crippen LogP contribution in [0.4, 0.5) is 0 Å². The molecular formula is C10H19NO. The Balaban J connectivity index is 1.47. The summed E-state index contributed by atoms with van der Waals surface area (Å²) in [5.41, 5.74) is 0.816. The van der Waals surface area contributed by atoms with Crippen LogP contribution in [0.3, 0.4) is 0 Å². The summed E-state index contributed by atoms with van der Waals surface area (Å²) in [5, 5.41) is 8.58. The predicted octanol–water partition coefficient (Wildman–Crippen LogP) is 1.24. The summed E-state index contributed by atoms with van der Waals surface area (Å²) in [6.45, 7) is 4.37. The molecule has 70 valence electrons. The zero-order valence-electron chi connectivity index (χ0n) is 7.76. The summed E-state index contributed by atoms with van der Waals surface area (Å²) in [5.74, 6) is 0. The Kier molecular flexibility index (Phi) is 2.37. The summed E-state index contributed by atoms with van der Waals surface area (Å²) in [6, 6.07) is 0. The van der Waals surface area contributed by atoms with Crippen LogP contribution in [0, 0.1) is 5.41 Å². The average molecular weight is 169 g/mol. The van der Waals surface area contributed by atoms with E-state index in [0.29, 0.717) is 6.61 Å². The van der Waals surface area contributed by atoms with Gasteiger partial charge in [-0.15, -0.1) is 0 Å². The van der Waals surface area contributed by atoms with Crippen molar-refractivity contribution in [3.63, 3.8) is 0 Å². The van der Waals surface area contributed by atoms with Crippen LogP contribution in [0.1, 0.15) is 32.1 Å². The molecule has 0 aromatic rings. The van der Waals surface area contributed by atoms with Crippen molar-refractivity contribution in [3.8, 4) is 0 Å². The molecule has 1 spiro atoms. The van der Waals surface area contributed by atoms with Gasteiger partial charge < -0.3 is 10.0 Å². The number of likely N-dealkylation sites (tertiary alicyclic amines) is 1. The molecule has 1 N–H and O–H groups in total. The number of hydrogen-bond donors (Lipinski definition) is 1. The molecule has 0 radical (unpaired) electrons. The highest BCUT2D eigenvalue weighted by Crippen LogP contribution is 2.52. The van der Waals surface area contributed by atoms with Gasteiger partial charge in [0, 0.05) is 19.7 Å². The van der Waals surface area contributed by atoms with E-state index < -0.39 is 0 Å². The summed E-state index contributed by atoms with van der Waals surface area (Å²) >= 11 is 0. The van der Waals surface area contributed by atoms with Gasteiger partial charge in [0.1, 0.15) is 0 Å². The minimum absolute atomic E-state index is 0.365. The lowest BCUT2D eigenvalue weighted by Gasteiger charge is -2.40. The van der Waals surface area contributed by atoms with Gasteiger partial charge in [-0.1, -0.05) is 0 Å². The molecule has 0 bridgehead atoms. The summed E-state index contributed by atoms with van der Waals surface area (Å²) < 4.78 is 0. The molecule has 0 amide bonds. The van der Waals surface area contributed by atoms with Gasteiger partial charge in [-0.3, -0.25) is 0 Å². The van der Waals surface area contributed by atoms with Crippen molar-refractivity contribution in [2.45, 2.75) is 32.1 Å². The SMILES string of the molecule is OCCCCCN1CC2(CC2)C1. The zero-order chi connectivity index (χ0) is 8.44. The van der Waals surface area contributed by atoms with Crippen molar-refractivity contribution in [3.05, 3.63) is 0 Å². The van der Waals surface area contributed by atoms with Gasteiger partial charge in [-0.05, 0) is 44.1 Å². The van der Waals surface area contributed by atoms with Crippen molar-refractivity contribution in [1.29, 1.82) is 0 Å². The van der Waals surface area contributed by atoms with Crippen LogP contribution in [0.25, 0.3) is 0 Å². The predicted molar refractivity (Wildman–Crippen MR) is 49.0 cm³/mol. The van der Waals surface area contributed by atoms with Gasteiger partial charge in [0.15, 0.2) is 0 Å². The van der Waals surface area contributed by atoms with Crippen LogP contribution in [-0.4, -0.2) is 36.2 Å². The molecule has 1 aliphatic carbocycles. The van der Waals surface area contributed by atoms with E-state index >= 15 is 0 Å². The fourth-order valence-corrected chi connectivity index (χ4v) is 2.18. The zero-order valence-corrected chi connectivity index (χ0v) is 7.76. The maximum absolute atomic E-state index is 8.58. The Morgan fingerprint density at radius 2 is 1.83 bits per heavy atom. The molecule has 0 aromatic carbocycles. The van der Waals surface area contributed by atoms with Gasteiger partial charge in [0.25, 0.3) is 0 Å². The Hall–Kier alpha value is -0.0800. The van der Waals surface area contributed by atoms with Gasteiger partial charge in [0.2, 0.25) is 0 Å². The standard InChI is InChI=1S/C10H19NO/c12-7-3-1-2-6-11-8-10(9-11)4-5-10/h12H,1-9H2. The molecule has 0 atom stereocenters. The third-order valence-electron chi connectivity index (χ3n) is 3.21. The summed E-state index contributed by atoms with van der Waals surface area (Å²) in [4.78, 5) is 2.56. The third kappa shape index (κ3) is 1.80. The molecule has 1 heterocycles. The number of aliphatic hydroxyl groups excluding tert-OH is 1. The minimum atomic E-state index is 0.365. The first-order valence-electron chi connectivity index (χ1n) is 5.18. The summed E-state index contributed by atoms with van der Waals surface area (Å²) in [7, 11) is 0. The second kappa shape index (κ2) is 3.35. The number of hydrogen-bond acceptors (Lipinski definition) is 2. The Morgan fingerprint density at radius 1 is 1.08 bits per heavy atom. The molecule has 2 aliphatic rings.